The maximum absolute atomic E-state index is 5.88. The third-order valence-corrected chi connectivity index (χ3v) is 4.40. The number of hydrogen-bond donors (Lipinski definition) is 4. The maximum Gasteiger partial charge on any atom is 0.0232 e. The van der Waals surface area contributed by atoms with E-state index in [0.29, 0.717) is 12.6 Å². The number of hydrogen-bond acceptors (Lipinski definition) is 4. The quantitative estimate of drug-likeness (QED) is 0.444. The standard InChI is InChI=1S/C21H32N4/c22-16-20(23)12-13-24-17-21(15-19-9-5-2-6-10-19)25-14-11-18-7-3-1-4-8-18/h1-10,20-21,24-25H,11-17,22-23H2/t20?,21-/m0/s1. The first-order valence-corrected chi connectivity index (χ1v) is 9.25. The van der Waals surface area contributed by atoms with Gasteiger partial charge in [0, 0.05) is 25.2 Å². The summed E-state index contributed by atoms with van der Waals surface area (Å²) >= 11 is 0. The summed E-state index contributed by atoms with van der Waals surface area (Å²) in [6, 6.07) is 21.8. The molecule has 4 nitrogen and oxygen atoms in total. The van der Waals surface area contributed by atoms with Crippen LogP contribution in [0.25, 0.3) is 0 Å². The first-order chi connectivity index (χ1) is 12.3. The Morgan fingerprint density at radius 1 is 0.840 bits per heavy atom. The summed E-state index contributed by atoms with van der Waals surface area (Å²) in [5.41, 5.74) is 14.2. The van der Waals surface area contributed by atoms with Gasteiger partial charge in [-0.1, -0.05) is 60.7 Å². The summed E-state index contributed by atoms with van der Waals surface area (Å²) in [7, 11) is 0. The SMILES string of the molecule is NCC(N)CCNC[C@H](Cc1ccccc1)NCCc1ccccc1. The van der Waals surface area contributed by atoms with Crippen LogP contribution >= 0.6 is 0 Å². The van der Waals surface area contributed by atoms with Crippen LogP contribution < -0.4 is 22.1 Å². The Bertz CT molecular complexity index is 559. The van der Waals surface area contributed by atoms with E-state index in [1.807, 2.05) is 0 Å². The van der Waals surface area contributed by atoms with Crippen LogP contribution in [-0.4, -0.2) is 38.3 Å². The summed E-state index contributed by atoms with van der Waals surface area (Å²) in [5, 5.41) is 7.22. The fourth-order valence-electron chi connectivity index (χ4n) is 2.86. The van der Waals surface area contributed by atoms with Crippen LogP contribution in [0.15, 0.2) is 60.7 Å². The zero-order valence-electron chi connectivity index (χ0n) is 15.0. The summed E-state index contributed by atoms with van der Waals surface area (Å²) in [4.78, 5) is 0. The molecule has 0 saturated heterocycles. The molecule has 0 aliphatic rings. The zero-order valence-corrected chi connectivity index (χ0v) is 15.0. The molecule has 0 aliphatic heterocycles. The molecule has 2 atom stereocenters. The van der Waals surface area contributed by atoms with E-state index in [0.717, 1.165) is 38.9 Å². The van der Waals surface area contributed by atoms with Crippen LogP contribution in [-0.2, 0) is 12.8 Å². The van der Waals surface area contributed by atoms with Gasteiger partial charge in [-0.3, -0.25) is 0 Å². The molecule has 0 spiro atoms. The van der Waals surface area contributed by atoms with Gasteiger partial charge in [0.15, 0.2) is 0 Å². The van der Waals surface area contributed by atoms with Gasteiger partial charge < -0.3 is 22.1 Å². The highest BCUT2D eigenvalue weighted by Gasteiger charge is 2.09. The number of nitrogens with one attached hydrogen (secondary N) is 2. The molecule has 0 amide bonds. The largest absolute Gasteiger partial charge is 0.329 e. The van der Waals surface area contributed by atoms with Crippen molar-refractivity contribution in [1.29, 1.82) is 0 Å². The first kappa shape index (κ1) is 19.6. The molecule has 0 fully saturated rings. The zero-order chi connectivity index (χ0) is 17.7. The van der Waals surface area contributed by atoms with Crippen LogP contribution in [0.1, 0.15) is 17.5 Å². The van der Waals surface area contributed by atoms with E-state index >= 15 is 0 Å². The van der Waals surface area contributed by atoms with Gasteiger partial charge in [0.2, 0.25) is 0 Å². The second-order valence-electron chi connectivity index (χ2n) is 6.56. The Hall–Kier alpha value is -1.72. The molecule has 1 unspecified atom stereocenters. The minimum absolute atomic E-state index is 0.0890. The number of rotatable bonds is 12. The molecule has 136 valence electrons. The van der Waals surface area contributed by atoms with Gasteiger partial charge in [0.1, 0.15) is 0 Å². The first-order valence-electron chi connectivity index (χ1n) is 9.25. The molecule has 4 heteroatoms. The summed E-state index contributed by atoms with van der Waals surface area (Å²) in [6.07, 6.45) is 2.98. The number of nitrogens with two attached hydrogens (primary N) is 2. The predicted molar refractivity (Wildman–Crippen MR) is 107 cm³/mol. The Morgan fingerprint density at radius 2 is 1.48 bits per heavy atom. The molecule has 2 rings (SSSR count). The topological polar surface area (TPSA) is 76.1 Å². The van der Waals surface area contributed by atoms with E-state index in [2.05, 4.69) is 71.3 Å². The van der Waals surface area contributed by atoms with Crippen LogP contribution in [0.4, 0.5) is 0 Å². The molecule has 2 aromatic rings. The van der Waals surface area contributed by atoms with E-state index in [9.17, 15) is 0 Å². The molecule has 0 aromatic heterocycles. The molecular formula is C21H32N4. The smallest absolute Gasteiger partial charge is 0.0232 e. The lowest BCUT2D eigenvalue weighted by atomic mass is 10.1. The Morgan fingerprint density at radius 3 is 2.12 bits per heavy atom. The minimum Gasteiger partial charge on any atom is -0.329 e. The lowest BCUT2D eigenvalue weighted by Gasteiger charge is -2.20. The van der Waals surface area contributed by atoms with Crippen molar-refractivity contribution in [3.8, 4) is 0 Å². The van der Waals surface area contributed by atoms with Crippen molar-refractivity contribution in [1.82, 2.24) is 10.6 Å². The van der Waals surface area contributed by atoms with E-state index < -0.39 is 0 Å². The molecule has 0 heterocycles. The van der Waals surface area contributed by atoms with Gasteiger partial charge in [0.05, 0.1) is 0 Å². The van der Waals surface area contributed by atoms with Crippen molar-refractivity contribution < 1.29 is 0 Å². The van der Waals surface area contributed by atoms with E-state index in [4.69, 9.17) is 11.5 Å². The molecule has 0 saturated carbocycles. The van der Waals surface area contributed by atoms with Gasteiger partial charge in [-0.05, 0) is 43.5 Å². The molecule has 6 N–H and O–H groups in total. The number of benzene rings is 2. The lowest BCUT2D eigenvalue weighted by Crippen LogP contribution is -2.42. The highest BCUT2D eigenvalue weighted by molar-refractivity contribution is 5.17. The minimum atomic E-state index is 0.0890. The van der Waals surface area contributed by atoms with E-state index in [-0.39, 0.29) is 6.04 Å². The monoisotopic (exact) mass is 340 g/mol. The second kappa shape index (κ2) is 11.8. The highest BCUT2D eigenvalue weighted by atomic mass is 15.0. The van der Waals surface area contributed by atoms with Crippen molar-refractivity contribution in [3.05, 3.63) is 71.8 Å². The average Bonchev–Trinajstić information content (AvgIpc) is 2.66. The van der Waals surface area contributed by atoms with Crippen molar-refractivity contribution >= 4 is 0 Å². The van der Waals surface area contributed by atoms with Crippen molar-refractivity contribution in [2.45, 2.75) is 31.3 Å². The van der Waals surface area contributed by atoms with Crippen molar-refractivity contribution in [2.24, 2.45) is 11.5 Å². The molecule has 0 bridgehead atoms. The molecule has 0 aliphatic carbocycles. The lowest BCUT2D eigenvalue weighted by molar-refractivity contribution is 0.461. The third-order valence-electron chi connectivity index (χ3n) is 4.40. The van der Waals surface area contributed by atoms with E-state index in [1.54, 1.807) is 0 Å². The highest BCUT2D eigenvalue weighted by Crippen LogP contribution is 2.04. The normalized spacial score (nSPS) is 13.5. The summed E-state index contributed by atoms with van der Waals surface area (Å²) in [5.74, 6) is 0. The van der Waals surface area contributed by atoms with E-state index in [1.165, 1.54) is 11.1 Å². The third kappa shape index (κ3) is 8.27. The fraction of sp³-hybridized carbons (Fsp3) is 0.429. The molecular weight excluding hydrogens is 308 g/mol. The van der Waals surface area contributed by atoms with Crippen molar-refractivity contribution in [3.63, 3.8) is 0 Å². The molecule has 2 aromatic carbocycles. The van der Waals surface area contributed by atoms with Crippen LogP contribution in [0, 0.1) is 0 Å². The maximum atomic E-state index is 5.88. The second-order valence-corrected chi connectivity index (χ2v) is 6.56. The van der Waals surface area contributed by atoms with Gasteiger partial charge in [-0.2, -0.15) is 0 Å². The van der Waals surface area contributed by atoms with Gasteiger partial charge in [-0.15, -0.1) is 0 Å². The average molecular weight is 341 g/mol. The van der Waals surface area contributed by atoms with Crippen molar-refractivity contribution in [2.75, 3.05) is 26.2 Å². The Balaban J connectivity index is 1.78. The summed E-state index contributed by atoms with van der Waals surface area (Å²) < 4.78 is 0. The van der Waals surface area contributed by atoms with Gasteiger partial charge in [0.25, 0.3) is 0 Å². The Kier molecular flexibility index (Phi) is 9.23. The Labute approximate surface area is 152 Å². The molecule has 25 heavy (non-hydrogen) atoms. The fourth-order valence-corrected chi connectivity index (χ4v) is 2.86. The van der Waals surface area contributed by atoms with Gasteiger partial charge >= 0.3 is 0 Å². The van der Waals surface area contributed by atoms with Crippen LogP contribution in [0.3, 0.4) is 0 Å². The van der Waals surface area contributed by atoms with Gasteiger partial charge in [-0.25, -0.2) is 0 Å². The van der Waals surface area contributed by atoms with Crippen LogP contribution in [0.2, 0.25) is 0 Å². The summed E-state index contributed by atoms with van der Waals surface area (Å²) in [6.45, 7) is 3.36. The molecule has 0 radical (unpaired) electrons. The van der Waals surface area contributed by atoms with Crippen LogP contribution in [0.5, 0.6) is 0 Å². The predicted octanol–water partition coefficient (Wildman–Crippen LogP) is 1.70.